The Morgan fingerprint density at radius 3 is 2.43 bits per heavy atom. The van der Waals surface area contributed by atoms with Gasteiger partial charge >= 0.3 is 0 Å². The zero-order valence-corrected chi connectivity index (χ0v) is 13.7. The minimum Gasteiger partial charge on any atom is -0.392 e. The number of hydrogen-bond acceptors (Lipinski definition) is 3. The van der Waals surface area contributed by atoms with Crippen LogP contribution in [0.25, 0.3) is 0 Å². The molecule has 1 aliphatic rings. The van der Waals surface area contributed by atoms with Crippen LogP contribution in [-0.2, 0) is 0 Å². The van der Waals surface area contributed by atoms with Gasteiger partial charge in [0.05, 0.1) is 11.0 Å². The molecule has 1 atom stereocenters. The molecule has 2 N–H and O–H groups in total. The van der Waals surface area contributed by atoms with Crippen LogP contribution in [0.3, 0.4) is 0 Å². The fraction of sp³-hybridized carbons (Fsp3) is 0.500. The standard InChI is InChI=1S/C16H23N3OS/c1-11-5-4-6-14(12(11)2)16(20)19-9-7-18(8-10-19)13(3)15(17)21/h4-6,13H,7-10H2,1-3H3,(H2,17,21). The molecule has 0 aliphatic carbocycles. The molecule has 1 aromatic rings. The maximum absolute atomic E-state index is 12.6. The summed E-state index contributed by atoms with van der Waals surface area (Å²) in [6, 6.07) is 5.99. The molecule has 4 nitrogen and oxygen atoms in total. The lowest BCUT2D eigenvalue weighted by Gasteiger charge is -2.37. The summed E-state index contributed by atoms with van der Waals surface area (Å²) in [6.45, 7) is 9.13. The third-order valence-electron chi connectivity index (χ3n) is 4.40. The van der Waals surface area contributed by atoms with Crippen molar-refractivity contribution in [3.05, 3.63) is 34.9 Å². The highest BCUT2D eigenvalue weighted by Gasteiger charge is 2.26. The maximum Gasteiger partial charge on any atom is 0.254 e. The number of carbonyl (C=O) groups excluding carboxylic acids is 1. The van der Waals surface area contributed by atoms with Crippen LogP contribution in [0.15, 0.2) is 18.2 Å². The molecule has 1 aliphatic heterocycles. The summed E-state index contributed by atoms with van der Waals surface area (Å²) in [5.74, 6) is 0.124. The Hall–Kier alpha value is -1.46. The van der Waals surface area contributed by atoms with Gasteiger partial charge in [-0.05, 0) is 38.0 Å². The van der Waals surface area contributed by atoms with E-state index in [-0.39, 0.29) is 11.9 Å². The Labute approximate surface area is 131 Å². The van der Waals surface area contributed by atoms with Crippen molar-refractivity contribution in [1.29, 1.82) is 0 Å². The van der Waals surface area contributed by atoms with Crippen molar-refractivity contribution < 1.29 is 4.79 Å². The van der Waals surface area contributed by atoms with E-state index in [1.807, 2.05) is 43.9 Å². The number of nitrogens with zero attached hydrogens (tertiary/aromatic N) is 2. The number of rotatable bonds is 3. The average Bonchev–Trinajstić information content (AvgIpc) is 2.48. The van der Waals surface area contributed by atoms with Crippen molar-refractivity contribution in [3.8, 4) is 0 Å². The van der Waals surface area contributed by atoms with Gasteiger partial charge in [-0.2, -0.15) is 0 Å². The monoisotopic (exact) mass is 305 g/mol. The molecule has 5 heteroatoms. The molecule has 0 saturated carbocycles. The lowest BCUT2D eigenvalue weighted by molar-refractivity contribution is 0.0621. The van der Waals surface area contributed by atoms with Crippen molar-refractivity contribution >= 4 is 23.1 Å². The minimum absolute atomic E-state index is 0.0953. The summed E-state index contributed by atoms with van der Waals surface area (Å²) in [5.41, 5.74) is 8.73. The largest absolute Gasteiger partial charge is 0.392 e. The van der Waals surface area contributed by atoms with Crippen molar-refractivity contribution in [3.63, 3.8) is 0 Å². The third-order valence-corrected chi connectivity index (χ3v) is 4.74. The molecule has 1 heterocycles. The quantitative estimate of drug-likeness (QED) is 0.864. The van der Waals surface area contributed by atoms with Crippen molar-refractivity contribution in [1.82, 2.24) is 9.80 Å². The van der Waals surface area contributed by atoms with E-state index in [2.05, 4.69) is 4.90 Å². The van der Waals surface area contributed by atoms with Gasteiger partial charge in [0.15, 0.2) is 0 Å². The Bertz CT molecular complexity index is 550. The number of nitrogens with two attached hydrogens (primary N) is 1. The lowest BCUT2D eigenvalue weighted by Crippen LogP contribution is -2.54. The van der Waals surface area contributed by atoms with Crippen molar-refractivity contribution in [2.75, 3.05) is 26.2 Å². The molecule has 0 bridgehead atoms. The summed E-state index contributed by atoms with van der Waals surface area (Å²) in [4.78, 5) is 17.3. The van der Waals surface area contributed by atoms with Gasteiger partial charge in [-0.1, -0.05) is 24.4 Å². The first kappa shape index (κ1) is 15.9. The predicted molar refractivity (Wildman–Crippen MR) is 89.6 cm³/mol. The van der Waals surface area contributed by atoms with E-state index in [4.69, 9.17) is 18.0 Å². The highest BCUT2D eigenvalue weighted by atomic mass is 32.1. The number of aryl methyl sites for hydroxylation is 1. The minimum atomic E-state index is 0.0953. The van der Waals surface area contributed by atoms with Gasteiger partial charge in [0.2, 0.25) is 0 Å². The van der Waals surface area contributed by atoms with Gasteiger partial charge in [-0.25, -0.2) is 0 Å². The molecular weight excluding hydrogens is 282 g/mol. The van der Waals surface area contributed by atoms with Gasteiger partial charge in [0.1, 0.15) is 0 Å². The summed E-state index contributed by atoms with van der Waals surface area (Å²) in [5, 5.41) is 0. The second-order valence-corrected chi connectivity index (χ2v) is 6.13. The van der Waals surface area contributed by atoms with Crippen LogP contribution in [0.2, 0.25) is 0 Å². The SMILES string of the molecule is Cc1cccc(C(=O)N2CCN(C(C)C(N)=S)CC2)c1C. The summed E-state index contributed by atoms with van der Waals surface area (Å²) in [7, 11) is 0. The lowest BCUT2D eigenvalue weighted by atomic mass is 10.0. The smallest absolute Gasteiger partial charge is 0.254 e. The normalized spacial score (nSPS) is 17.6. The topological polar surface area (TPSA) is 49.6 Å². The van der Waals surface area contributed by atoms with Crippen LogP contribution in [0.1, 0.15) is 28.4 Å². The number of amides is 1. The highest BCUT2D eigenvalue weighted by molar-refractivity contribution is 7.80. The Balaban J connectivity index is 2.04. The van der Waals surface area contributed by atoms with E-state index in [0.29, 0.717) is 4.99 Å². The highest BCUT2D eigenvalue weighted by Crippen LogP contribution is 2.16. The van der Waals surface area contributed by atoms with Crippen LogP contribution in [0.4, 0.5) is 0 Å². The van der Waals surface area contributed by atoms with E-state index in [9.17, 15) is 4.79 Å². The van der Waals surface area contributed by atoms with Gasteiger partial charge in [0, 0.05) is 31.7 Å². The van der Waals surface area contributed by atoms with E-state index in [1.165, 1.54) is 0 Å². The summed E-state index contributed by atoms with van der Waals surface area (Å²) in [6.07, 6.45) is 0. The van der Waals surface area contributed by atoms with Crippen LogP contribution >= 0.6 is 12.2 Å². The zero-order valence-electron chi connectivity index (χ0n) is 12.9. The number of benzene rings is 1. The zero-order chi connectivity index (χ0) is 15.6. The fourth-order valence-electron chi connectivity index (χ4n) is 2.65. The molecule has 0 radical (unpaired) electrons. The van der Waals surface area contributed by atoms with E-state index < -0.39 is 0 Å². The number of thiocarbonyl (C=S) groups is 1. The summed E-state index contributed by atoms with van der Waals surface area (Å²) >= 11 is 5.04. The van der Waals surface area contributed by atoms with Gasteiger partial charge in [-0.3, -0.25) is 9.69 Å². The maximum atomic E-state index is 12.6. The third kappa shape index (κ3) is 3.41. The van der Waals surface area contributed by atoms with E-state index in [0.717, 1.165) is 42.9 Å². The molecule has 21 heavy (non-hydrogen) atoms. The Morgan fingerprint density at radius 2 is 1.86 bits per heavy atom. The first-order valence-electron chi connectivity index (χ1n) is 7.30. The molecule has 114 valence electrons. The van der Waals surface area contributed by atoms with Crippen LogP contribution in [0.5, 0.6) is 0 Å². The van der Waals surface area contributed by atoms with Gasteiger partial charge in [0.25, 0.3) is 5.91 Å². The fourth-order valence-corrected chi connectivity index (χ4v) is 2.79. The van der Waals surface area contributed by atoms with Crippen molar-refractivity contribution in [2.45, 2.75) is 26.8 Å². The number of carbonyl (C=O) groups is 1. The first-order valence-corrected chi connectivity index (χ1v) is 7.71. The molecule has 0 spiro atoms. The predicted octanol–water partition coefficient (Wildman–Crippen LogP) is 1.74. The van der Waals surface area contributed by atoms with Crippen LogP contribution < -0.4 is 5.73 Å². The van der Waals surface area contributed by atoms with E-state index >= 15 is 0 Å². The molecule has 0 aromatic heterocycles. The molecule has 1 saturated heterocycles. The summed E-state index contributed by atoms with van der Waals surface area (Å²) < 4.78 is 0. The molecule has 2 rings (SSSR count). The first-order chi connectivity index (χ1) is 9.91. The molecule has 1 aromatic carbocycles. The number of piperazine rings is 1. The van der Waals surface area contributed by atoms with Gasteiger partial charge in [-0.15, -0.1) is 0 Å². The number of hydrogen-bond donors (Lipinski definition) is 1. The van der Waals surface area contributed by atoms with Crippen LogP contribution in [0, 0.1) is 13.8 Å². The molecule has 1 fully saturated rings. The second-order valence-electron chi connectivity index (χ2n) is 5.65. The molecule has 1 amide bonds. The molecular formula is C16H23N3OS. The van der Waals surface area contributed by atoms with Crippen LogP contribution in [-0.4, -0.2) is 52.9 Å². The second kappa shape index (κ2) is 6.54. The Morgan fingerprint density at radius 1 is 1.24 bits per heavy atom. The molecule has 1 unspecified atom stereocenters. The van der Waals surface area contributed by atoms with Crippen molar-refractivity contribution in [2.24, 2.45) is 5.73 Å². The van der Waals surface area contributed by atoms with Gasteiger partial charge < -0.3 is 10.6 Å². The van der Waals surface area contributed by atoms with E-state index in [1.54, 1.807) is 0 Å². The Kier molecular flexibility index (Phi) is 4.96. The average molecular weight is 305 g/mol.